The van der Waals surface area contributed by atoms with Gasteiger partial charge in [0.15, 0.2) is 5.82 Å². The van der Waals surface area contributed by atoms with Crippen molar-refractivity contribution in [2.45, 2.75) is 5.16 Å². The average Bonchev–Trinajstić information content (AvgIpc) is 3.11. The van der Waals surface area contributed by atoms with E-state index in [2.05, 4.69) is 15.3 Å². The van der Waals surface area contributed by atoms with Gasteiger partial charge in [-0.1, -0.05) is 36.0 Å². The molecule has 1 N–H and O–H groups in total. The molecule has 2 aromatic carbocycles. The van der Waals surface area contributed by atoms with Gasteiger partial charge in [0.25, 0.3) is 0 Å². The van der Waals surface area contributed by atoms with Crippen molar-refractivity contribution in [3.63, 3.8) is 0 Å². The van der Waals surface area contributed by atoms with Gasteiger partial charge >= 0.3 is 5.97 Å². The number of hydrogen-bond donors (Lipinski definition) is 1. The van der Waals surface area contributed by atoms with Crippen LogP contribution in [0.4, 0.5) is 0 Å². The number of carboxylic acids is 1. The second-order valence-electron chi connectivity index (χ2n) is 5.54. The van der Waals surface area contributed by atoms with Crippen LogP contribution in [0.15, 0.2) is 58.8 Å². The van der Waals surface area contributed by atoms with Crippen molar-refractivity contribution in [3.05, 3.63) is 59.7 Å². The summed E-state index contributed by atoms with van der Waals surface area (Å²) < 4.78 is 7.12. The quantitative estimate of drug-likeness (QED) is 0.763. The van der Waals surface area contributed by atoms with Crippen molar-refractivity contribution in [2.75, 3.05) is 12.9 Å². The van der Waals surface area contributed by atoms with Crippen LogP contribution in [-0.2, 0) is 0 Å². The second kappa shape index (κ2) is 6.64. The zero-order valence-electron chi connectivity index (χ0n) is 13.8. The van der Waals surface area contributed by atoms with Gasteiger partial charge in [0.1, 0.15) is 5.75 Å². The summed E-state index contributed by atoms with van der Waals surface area (Å²) in [6, 6.07) is 14.3. The van der Waals surface area contributed by atoms with Gasteiger partial charge in [-0.3, -0.25) is 0 Å². The Labute approximate surface area is 153 Å². The van der Waals surface area contributed by atoms with Crippen molar-refractivity contribution in [2.24, 2.45) is 5.10 Å². The molecule has 26 heavy (non-hydrogen) atoms. The molecule has 2 heterocycles. The largest absolute Gasteiger partial charge is 0.496 e. The zero-order chi connectivity index (χ0) is 18.1. The maximum atomic E-state index is 11.0. The molecule has 0 radical (unpaired) electrons. The van der Waals surface area contributed by atoms with Gasteiger partial charge in [-0.2, -0.15) is 9.78 Å². The fourth-order valence-electron chi connectivity index (χ4n) is 2.67. The van der Waals surface area contributed by atoms with Crippen molar-refractivity contribution < 1.29 is 14.6 Å². The molecule has 7 nitrogen and oxygen atoms in total. The highest BCUT2D eigenvalue weighted by Crippen LogP contribution is 2.33. The van der Waals surface area contributed by atoms with Gasteiger partial charge in [0.05, 0.1) is 23.9 Å². The SMILES string of the molecule is COc1ccccc1-c1nnc2n1N=C(c1ccc(C(=O)O)cc1)CS2. The number of rotatable bonds is 4. The van der Waals surface area contributed by atoms with Crippen LogP contribution in [0.25, 0.3) is 11.4 Å². The molecular weight excluding hydrogens is 352 g/mol. The number of nitrogens with zero attached hydrogens (tertiary/aromatic N) is 4. The number of fused-ring (bicyclic) bond motifs is 1. The number of carbonyl (C=O) groups is 1. The molecule has 0 aliphatic carbocycles. The minimum atomic E-state index is -0.948. The number of ether oxygens (including phenoxy) is 1. The molecular formula is C18H14N4O3S. The first-order chi connectivity index (χ1) is 12.7. The average molecular weight is 366 g/mol. The first kappa shape index (κ1) is 16.3. The predicted octanol–water partition coefficient (Wildman–Crippen LogP) is 3.01. The maximum absolute atomic E-state index is 11.0. The van der Waals surface area contributed by atoms with Crippen LogP contribution < -0.4 is 4.74 Å². The fraction of sp³-hybridized carbons (Fsp3) is 0.111. The lowest BCUT2D eigenvalue weighted by atomic mass is 10.1. The molecule has 1 aliphatic heterocycles. The summed E-state index contributed by atoms with van der Waals surface area (Å²) in [7, 11) is 1.61. The molecule has 8 heteroatoms. The van der Waals surface area contributed by atoms with Gasteiger partial charge < -0.3 is 9.84 Å². The third-order valence-corrected chi connectivity index (χ3v) is 4.91. The molecule has 0 bridgehead atoms. The summed E-state index contributed by atoms with van der Waals surface area (Å²) in [5, 5.41) is 22.9. The Morgan fingerprint density at radius 2 is 1.92 bits per heavy atom. The summed E-state index contributed by atoms with van der Waals surface area (Å²) >= 11 is 1.53. The molecule has 4 rings (SSSR count). The molecule has 0 saturated carbocycles. The van der Waals surface area contributed by atoms with E-state index in [0.29, 0.717) is 22.5 Å². The van der Waals surface area contributed by atoms with Crippen molar-refractivity contribution in [1.82, 2.24) is 14.9 Å². The highest BCUT2D eigenvalue weighted by atomic mass is 32.2. The normalized spacial score (nSPS) is 13.0. The van der Waals surface area contributed by atoms with Crippen molar-refractivity contribution >= 4 is 23.4 Å². The third kappa shape index (κ3) is 2.84. The molecule has 0 unspecified atom stereocenters. The first-order valence-corrected chi connectivity index (χ1v) is 8.79. The number of aromatic nitrogens is 3. The molecule has 0 saturated heterocycles. The monoisotopic (exact) mass is 366 g/mol. The number of para-hydroxylation sites is 1. The maximum Gasteiger partial charge on any atom is 0.335 e. The van der Waals surface area contributed by atoms with Crippen molar-refractivity contribution in [1.29, 1.82) is 0 Å². The number of aromatic carboxylic acids is 1. The number of methoxy groups -OCH3 is 1. The van der Waals surface area contributed by atoms with E-state index in [1.165, 1.54) is 11.8 Å². The molecule has 0 spiro atoms. The summed E-state index contributed by atoms with van der Waals surface area (Å²) in [5.74, 6) is 0.984. The summed E-state index contributed by atoms with van der Waals surface area (Å²) in [6.45, 7) is 0. The number of benzene rings is 2. The standard InChI is InChI=1S/C18H14N4O3S/c1-25-15-5-3-2-4-13(15)16-19-20-18-22(16)21-14(10-26-18)11-6-8-12(9-7-11)17(23)24/h2-9H,10H2,1H3,(H,23,24). The van der Waals surface area contributed by atoms with E-state index in [1.807, 2.05) is 24.3 Å². The van der Waals surface area contributed by atoms with E-state index < -0.39 is 5.97 Å². The first-order valence-electron chi connectivity index (χ1n) is 7.80. The zero-order valence-corrected chi connectivity index (χ0v) is 14.6. The van der Waals surface area contributed by atoms with E-state index in [9.17, 15) is 4.79 Å². The number of carboxylic acid groups (broad SMARTS) is 1. The molecule has 1 aromatic heterocycles. The van der Waals surface area contributed by atoms with E-state index in [1.54, 1.807) is 36.1 Å². The minimum absolute atomic E-state index is 0.248. The van der Waals surface area contributed by atoms with Gasteiger partial charge in [-0.15, -0.1) is 10.2 Å². The summed E-state index contributed by atoms with van der Waals surface area (Å²) in [5.41, 5.74) is 2.75. The smallest absolute Gasteiger partial charge is 0.335 e. The van der Waals surface area contributed by atoms with Crippen LogP contribution in [0.3, 0.4) is 0 Å². The van der Waals surface area contributed by atoms with Gasteiger partial charge in [-0.05, 0) is 29.8 Å². The van der Waals surface area contributed by atoms with E-state index in [-0.39, 0.29) is 5.56 Å². The van der Waals surface area contributed by atoms with Gasteiger partial charge in [0, 0.05) is 5.75 Å². The lowest BCUT2D eigenvalue weighted by Gasteiger charge is -2.14. The van der Waals surface area contributed by atoms with Crippen LogP contribution in [0.2, 0.25) is 0 Å². The van der Waals surface area contributed by atoms with Crippen molar-refractivity contribution in [3.8, 4) is 17.1 Å². The van der Waals surface area contributed by atoms with Crippen LogP contribution >= 0.6 is 11.8 Å². The Hall–Kier alpha value is -3.13. The Morgan fingerprint density at radius 1 is 1.15 bits per heavy atom. The highest BCUT2D eigenvalue weighted by molar-refractivity contribution is 7.99. The lowest BCUT2D eigenvalue weighted by Crippen LogP contribution is -2.14. The highest BCUT2D eigenvalue weighted by Gasteiger charge is 2.22. The van der Waals surface area contributed by atoms with Crippen LogP contribution in [0.5, 0.6) is 5.75 Å². The Kier molecular flexibility index (Phi) is 4.18. The number of hydrogen-bond acceptors (Lipinski definition) is 6. The van der Waals surface area contributed by atoms with E-state index in [0.717, 1.165) is 16.8 Å². The van der Waals surface area contributed by atoms with E-state index >= 15 is 0 Å². The minimum Gasteiger partial charge on any atom is -0.496 e. The van der Waals surface area contributed by atoms with Crippen LogP contribution in [0, 0.1) is 0 Å². The number of thioether (sulfide) groups is 1. The molecule has 1 aliphatic rings. The molecule has 0 fully saturated rings. The predicted molar refractivity (Wildman–Crippen MR) is 98.1 cm³/mol. The molecule has 130 valence electrons. The topological polar surface area (TPSA) is 89.6 Å². The second-order valence-corrected chi connectivity index (χ2v) is 6.48. The summed E-state index contributed by atoms with van der Waals surface area (Å²) in [4.78, 5) is 11.0. The van der Waals surface area contributed by atoms with Gasteiger partial charge in [0.2, 0.25) is 5.16 Å². The molecule has 0 atom stereocenters. The third-order valence-electron chi connectivity index (χ3n) is 3.98. The van der Waals surface area contributed by atoms with Crippen LogP contribution in [0.1, 0.15) is 15.9 Å². The van der Waals surface area contributed by atoms with Crippen LogP contribution in [-0.4, -0.2) is 44.5 Å². The Morgan fingerprint density at radius 3 is 2.65 bits per heavy atom. The summed E-state index contributed by atoms with van der Waals surface area (Å²) in [6.07, 6.45) is 0. The lowest BCUT2D eigenvalue weighted by molar-refractivity contribution is 0.0697. The fourth-order valence-corrected chi connectivity index (χ4v) is 3.51. The molecule has 3 aromatic rings. The van der Waals surface area contributed by atoms with Gasteiger partial charge in [-0.25, -0.2) is 4.79 Å². The Balaban J connectivity index is 1.76. The van der Waals surface area contributed by atoms with E-state index in [4.69, 9.17) is 9.84 Å². The molecule has 0 amide bonds. The Bertz CT molecular complexity index is 1010.